The van der Waals surface area contributed by atoms with Gasteiger partial charge >= 0.3 is 11.9 Å². The molecule has 7 nitrogen and oxygen atoms in total. The molecule has 2 aromatic carbocycles. The molecule has 4 aliphatic carbocycles. The van der Waals surface area contributed by atoms with E-state index in [1.807, 2.05) is 13.0 Å². The van der Waals surface area contributed by atoms with E-state index in [9.17, 15) is 24.9 Å². The first-order valence-electron chi connectivity index (χ1n) is 23.5. The second-order valence-corrected chi connectivity index (χ2v) is 20.6. The second-order valence-electron chi connectivity index (χ2n) is 20.6. The third kappa shape index (κ3) is 9.14. The Labute approximate surface area is 354 Å². The number of aryl methyl sites for hydroxylation is 2. The van der Waals surface area contributed by atoms with Crippen molar-refractivity contribution in [1.82, 2.24) is 0 Å². The minimum absolute atomic E-state index is 0.204. The first-order valence-corrected chi connectivity index (χ1v) is 23.5. The number of aliphatic hydroxyl groups excluding tert-OH is 2. The van der Waals surface area contributed by atoms with Crippen molar-refractivity contribution >= 4 is 11.9 Å². The van der Waals surface area contributed by atoms with E-state index in [0.29, 0.717) is 42.9 Å². The third-order valence-corrected chi connectivity index (χ3v) is 17.1. The van der Waals surface area contributed by atoms with Gasteiger partial charge in [-0.15, -0.1) is 0 Å². The molecule has 59 heavy (non-hydrogen) atoms. The molecule has 0 aromatic heterocycles. The lowest BCUT2D eigenvalue weighted by Gasteiger charge is -2.70. The summed E-state index contributed by atoms with van der Waals surface area (Å²) in [6.07, 6.45) is 16.5. The lowest BCUT2D eigenvalue weighted by atomic mass is 9.37. The second kappa shape index (κ2) is 18.5. The Morgan fingerprint density at radius 2 is 1.56 bits per heavy atom. The van der Waals surface area contributed by atoms with E-state index in [1.165, 1.54) is 62.7 Å². The number of cyclic esters (lactones) is 1. The monoisotopic (exact) mass is 811 g/mol. The number of rotatable bonds is 16. The molecule has 7 rings (SSSR count). The lowest BCUT2D eigenvalue weighted by Crippen LogP contribution is -2.77. The molecule has 1 aliphatic heterocycles. The van der Waals surface area contributed by atoms with Crippen LogP contribution in [0.4, 0.5) is 0 Å². The summed E-state index contributed by atoms with van der Waals surface area (Å²) in [5.41, 5.74) is 0.767. The summed E-state index contributed by atoms with van der Waals surface area (Å²) >= 11 is 0. The van der Waals surface area contributed by atoms with Crippen molar-refractivity contribution < 1.29 is 34.4 Å². The number of fused-ring (bicyclic) bond motifs is 1. The summed E-state index contributed by atoms with van der Waals surface area (Å²) in [5.74, 6) is -0.115. The molecule has 4 fully saturated rings. The number of benzene rings is 2. The molecular weight excluding hydrogens is 737 g/mol. The molecule has 2 aromatic rings. The molecule has 5 aliphatic rings. The van der Waals surface area contributed by atoms with Crippen LogP contribution in [0.2, 0.25) is 0 Å². The van der Waals surface area contributed by atoms with Gasteiger partial charge in [-0.05, 0) is 167 Å². The van der Waals surface area contributed by atoms with E-state index in [4.69, 9.17) is 9.47 Å². The average Bonchev–Trinajstić information content (AvgIpc) is 3.84. The van der Waals surface area contributed by atoms with Crippen molar-refractivity contribution in [3.8, 4) is 0 Å². The van der Waals surface area contributed by atoms with Gasteiger partial charge < -0.3 is 24.8 Å². The first-order chi connectivity index (χ1) is 28.3. The van der Waals surface area contributed by atoms with E-state index in [-0.39, 0.29) is 36.3 Å². The van der Waals surface area contributed by atoms with Gasteiger partial charge in [-0.3, -0.25) is 4.79 Å². The Bertz CT molecular complexity index is 1730. The number of aliphatic hydroxyl groups is 3. The summed E-state index contributed by atoms with van der Waals surface area (Å²) in [6, 6.07) is 21.4. The quantitative estimate of drug-likeness (QED) is 0.145. The maximum Gasteiger partial charge on any atom is 0.331 e. The Hall–Kier alpha value is -3.00. The van der Waals surface area contributed by atoms with Crippen LogP contribution in [0.15, 0.2) is 72.3 Å². The highest BCUT2D eigenvalue weighted by atomic mass is 16.5. The van der Waals surface area contributed by atoms with E-state index in [2.05, 4.69) is 68.4 Å². The molecule has 0 bridgehead atoms. The van der Waals surface area contributed by atoms with Gasteiger partial charge in [-0.1, -0.05) is 87.9 Å². The molecule has 0 amide bonds. The topological polar surface area (TPSA) is 113 Å². The highest BCUT2D eigenvalue weighted by Crippen LogP contribution is 2.70. The van der Waals surface area contributed by atoms with Crippen molar-refractivity contribution in [2.24, 2.45) is 45.8 Å². The van der Waals surface area contributed by atoms with Gasteiger partial charge in [0.05, 0.1) is 23.2 Å². The highest BCUT2D eigenvalue weighted by Gasteiger charge is 2.74. The Balaban J connectivity index is 1.16. The smallest absolute Gasteiger partial charge is 0.331 e. The number of hydrogen-bond donors (Lipinski definition) is 3. The fraction of sp³-hybridized carbons (Fsp3) is 0.692. The molecular formula is C52H74O7. The van der Waals surface area contributed by atoms with Crippen LogP contribution in [-0.2, 0) is 31.9 Å². The minimum atomic E-state index is -1.48. The van der Waals surface area contributed by atoms with Crippen molar-refractivity contribution in [1.29, 1.82) is 0 Å². The standard InChI is InChI=1S/C52H74O7/c1-36(12-11-17-39-13-7-5-8-14-39)18-21-45(54)52-46(55)26-27-49(4,43-24-29-50(30-25-43)28-22-41(34-50)20-19-40-15-9-6-10-16-40)48(52)44(59-38(3)53)32-37(2)51(52,57)31-23-42-33-47(56)58-35-42/h5-10,13-16,33,36-37,41,43-46,48,54-55,57H,11-12,17-32,34-35H2,1-4H3/t36-,37-,41-,43?,44-,45+,46+,48+,49+,50?,51-,52+/m1/s1. The lowest BCUT2D eigenvalue weighted by molar-refractivity contribution is -0.327. The zero-order valence-corrected chi connectivity index (χ0v) is 36.6. The molecule has 0 unspecified atom stereocenters. The number of esters is 2. The summed E-state index contributed by atoms with van der Waals surface area (Å²) in [4.78, 5) is 25.2. The van der Waals surface area contributed by atoms with Gasteiger partial charge in [0, 0.05) is 18.9 Å². The van der Waals surface area contributed by atoms with Gasteiger partial charge in [-0.2, -0.15) is 0 Å². The van der Waals surface area contributed by atoms with Crippen LogP contribution < -0.4 is 0 Å². The average molecular weight is 811 g/mol. The van der Waals surface area contributed by atoms with Crippen LogP contribution in [0.25, 0.3) is 0 Å². The van der Waals surface area contributed by atoms with E-state index >= 15 is 0 Å². The fourth-order valence-electron chi connectivity index (χ4n) is 13.9. The van der Waals surface area contributed by atoms with Gasteiger partial charge in [0.1, 0.15) is 12.7 Å². The molecule has 0 saturated heterocycles. The van der Waals surface area contributed by atoms with Crippen molar-refractivity contribution in [2.75, 3.05) is 6.61 Å². The van der Waals surface area contributed by atoms with E-state index in [0.717, 1.165) is 62.9 Å². The van der Waals surface area contributed by atoms with Crippen molar-refractivity contribution in [3.63, 3.8) is 0 Å². The van der Waals surface area contributed by atoms with Crippen LogP contribution >= 0.6 is 0 Å². The molecule has 7 heteroatoms. The molecule has 3 N–H and O–H groups in total. The molecule has 1 heterocycles. The van der Waals surface area contributed by atoms with Crippen molar-refractivity contribution in [2.45, 2.75) is 174 Å². The zero-order chi connectivity index (χ0) is 41.8. The predicted octanol–water partition coefficient (Wildman–Crippen LogP) is 10.1. The SMILES string of the molecule is CC(=O)O[C@@H]1C[C@@H](C)[C@](O)(CCC2=CC(=O)OC2)[C@]2([C@@H](O)CC[C@H](C)CCCc3ccccc3)[C@@H]1[C@](C)(C1CCC3(CC1)CC[C@@H](CCc1ccccc1)C3)CC[C@@H]2O. The minimum Gasteiger partial charge on any atom is -0.462 e. The number of carbonyl (C=O) groups excluding carboxylic acids is 2. The van der Waals surface area contributed by atoms with Crippen LogP contribution in [0.1, 0.15) is 148 Å². The summed E-state index contributed by atoms with van der Waals surface area (Å²) in [6.45, 7) is 8.30. The predicted molar refractivity (Wildman–Crippen MR) is 232 cm³/mol. The summed E-state index contributed by atoms with van der Waals surface area (Å²) < 4.78 is 11.6. The summed E-state index contributed by atoms with van der Waals surface area (Å²) in [5, 5.41) is 39.3. The molecule has 0 radical (unpaired) electrons. The van der Waals surface area contributed by atoms with Crippen molar-refractivity contribution in [3.05, 3.63) is 83.4 Å². The number of carbonyl (C=O) groups is 2. The van der Waals surface area contributed by atoms with Crippen LogP contribution in [-0.4, -0.2) is 57.8 Å². The third-order valence-electron chi connectivity index (χ3n) is 17.1. The summed E-state index contributed by atoms with van der Waals surface area (Å²) in [7, 11) is 0. The van der Waals surface area contributed by atoms with Gasteiger partial charge in [0.2, 0.25) is 0 Å². The van der Waals surface area contributed by atoms with Gasteiger partial charge in [0.15, 0.2) is 0 Å². The fourth-order valence-corrected chi connectivity index (χ4v) is 13.9. The first kappa shape index (κ1) is 44.1. The van der Waals surface area contributed by atoms with Crippen LogP contribution in [0.3, 0.4) is 0 Å². The maximum atomic E-state index is 13.6. The molecule has 10 atom stereocenters. The highest BCUT2D eigenvalue weighted by molar-refractivity contribution is 5.85. The Morgan fingerprint density at radius 1 is 0.898 bits per heavy atom. The number of ether oxygens (including phenoxy) is 2. The van der Waals surface area contributed by atoms with Crippen LogP contribution in [0, 0.1) is 45.8 Å². The van der Waals surface area contributed by atoms with E-state index < -0.39 is 35.2 Å². The van der Waals surface area contributed by atoms with Crippen LogP contribution in [0.5, 0.6) is 0 Å². The molecule has 1 spiro atoms. The van der Waals surface area contributed by atoms with Gasteiger partial charge in [0.25, 0.3) is 0 Å². The molecule has 324 valence electrons. The van der Waals surface area contributed by atoms with Gasteiger partial charge in [-0.25, -0.2) is 4.79 Å². The largest absolute Gasteiger partial charge is 0.462 e. The Kier molecular flexibility index (Phi) is 13.9. The maximum absolute atomic E-state index is 13.6. The zero-order valence-electron chi connectivity index (χ0n) is 36.6. The van der Waals surface area contributed by atoms with E-state index in [1.54, 1.807) is 0 Å². The normalized spacial score (nSPS) is 36.7. The number of hydrogen-bond acceptors (Lipinski definition) is 7. The Morgan fingerprint density at radius 3 is 2.20 bits per heavy atom. The molecule has 4 saturated carbocycles.